The molecule has 1 saturated heterocycles. The van der Waals surface area contributed by atoms with Crippen molar-refractivity contribution >= 4 is 17.8 Å². The molecule has 0 radical (unpaired) electrons. The van der Waals surface area contributed by atoms with Gasteiger partial charge >= 0.3 is 5.97 Å². The Morgan fingerprint density at radius 3 is 2.44 bits per heavy atom. The van der Waals surface area contributed by atoms with E-state index < -0.39 is 17.4 Å². The van der Waals surface area contributed by atoms with E-state index in [4.69, 9.17) is 5.11 Å². The summed E-state index contributed by atoms with van der Waals surface area (Å²) in [5.41, 5.74) is -0.556. The average molecular weight is 256 g/mol. The van der Waals surface area contributed by atoms with Crippen molar-refractivity contribution in [3.05, 3.63) is 0 Å². The van der Waals surface area contributed by atoms with Gasteiger partial charge in [-0.2, -0.15) is 0 Å². The van der Waals surface area contributed by atoms with Crippen molar-refractivity contribution < 1.29 is 19.5 Å². The van der Waals surface area contributed by atoms with Crippen molar-refractivity contribution in [1.29, 1.82) is 0 Å². The van der Waals surface area contributed by atoms with E-state index in [-0.39, 0.29) is 24.3 Å². The van der Waals surface area contributed by atoms with E-state index in [0.717, 1.165) is 0 Å². The first-order chi connectivity index (χ1) is 8.21. The molecule has 0 spiro atoms. The number of aliphatic carboxylic acids is 1. The molecule has 3 N–H and O–H groups in total. The second-order valence-corrected chi connectivity index (χ2v) is 5.69. The van der Waals surface area contributed by atoms with Gasteiger partial charge in [0.2, 0.25) is 11.8 Å². The molecular weight excluding hydrogens is 236 g/mol. The molecular formula is C12H20N2O4. The molecule has 2 amide bonds. The summed E-state index contributed by atoms with van der Waals surface area (Å²) >= 11 is 0. The zero-order valence-electron chi connectivity index (χ0n) is 10.9. The summed E-state index contributed by atoms with van der Waals surface area (Å²) < 4.78 is 0. The van der Waals surface area contributed by atoms with Gasteiger partial charge in [-0.25, -0.2) is 4.79 Å². The van der Waals surface area contributed by atoms with Crippen LogP contribution in [0.25, 0.3) is 0 Å². The summed E-state index contributed by atoms with van der Waals surface area (Å²) in [6, 6.07) is -0.928. The predicted molar refractivity (Wildman–Crippen MR) is 64.8 cm³/mol. The molecule has 1 heterocycles. The van der Waals surface area contributed by atoms with Gasteiger partial charge in [0, 0.05) is 13.0 Å². The number of carbonyl (C=O) groups excluding carboxylic acids is 2. The van der Waals surface area contributed by atoms with Gasteiger partial charge < -0.3 is 15.7 Å². The summed E-state index contributed by atoms with van der Waals surface area (Å²) in [5.74, 6) is -1.76. The van der Waals surface area contributed by atoms with E-state index in [1.807, 2.05) is 0 Å². The van der Waals surface area contributed by atoms with Crippen LogP contribution >= 0.6 is 0 Å². The molecule has 1 unspecified atom stereocenters. The number of piperidine rings is 1. The van der Waals surface area contributed by atoms with Gasteiger partial charge in [-0.05, 0) is 11.8 Å². The highest BCUT2D eigenvalue weighted by Crippen LogP contribution is 2.20. The minimum atomic E-state index is -1.05. The highest BCUT2D eigenvalue weighted by atomic mass is 16.4. The first-order valence-electron chi connectivity index (χ1n) is 6.01. The fourth-order valence-corrected chi connectivity index (χ4v) is 1.87. The quantitative estimate of drug-likeness (QED) is 0.668. The number of nitrogens with one attached hydrogen (secondary N) is 2. The van der Waals surface area contributed by atoms with Crippen LogP contribution in [-0.2, 0) is 14.4 Å². The minimum absolute atomic E-state index is 0.0651. The standard InChI is InChI=1S/C12H20N2O4/c1-12(2,3)9(11(17)18)14-10(16)7-4-5-8(15)13-6-7/h7,9H,4-6H2,1-3H3,(H,13,15)(H,14,16)(H,17,18)/t7?,9-/m1/s1. The van der Waals surface area contributed by atoms with Gasteiger partial charge in [0.25, 0.3) is 0 Å². The van der Waals surface area contributed by atoms with Crippen LogP contribution in [0.1, 0.15) is 33.6 Å². The first-order valence-corrected chi connectivity index (χ1v) is 6.01. The molecule has 6 heteroatoms. The number of carbonyl (C=O) groups is 3. The molecule has 1 aliphatic rings. The van der Waals surface area contributed by atoms with E-state index in [1.54, 1.807) is 20.8 Å². The number of hydrogen-bond donors (Lipinski definition) is 3. The summed E-state index contributed by atoms with van der Waals surface area (Å²) in [7, 11) is 0. The Hall–Kier alpha value is -1.59. The van der Waals surface area contributed by atoms with E-state index in [0.29, 0.717) is 12.8 Å². The molecule has 18 heavy (non-hydrogen) atoms. The van der Waals surface area contributed by atoms with Crippen LogP contribution < -0.4 is 10.6 Å². The van der Waals surface area contributed by atoms with Crippen molar-refractivity contribution in [2.24, 2.45) is 11.3 Å². The molecule has 1 aliphatic heterocycles. The topological polar surface area (TPSA) is 95.5 Å². The molecule has 0 saturated carbocycles. The third kappa shape index (κ3) is 3.72. The van der Waals surface area contributed by atoms with E-state index >= 15 is 0 Å². The van der Waals surface area contributed by atoms with Crippen LogP contribution in [0.5, 0.6) is 0 Å². The Balaban J connectivity index is 2.62. The largest absolute Gasteiger partial charge is 0.480 e. The fraction of sp³-hybridized carbons (Fsp3) is 0.750. The Kier molecular flexibility index (Phi) is 4.32. The normalized spacial score (nSPS) is 21.9. The van der Waals surface area contributed by atoms with Crippen molar-refractivity contribution in [2.75, 3.05) is 6.54 Å². The molecule has 0 aliphatic carbocycles. The monoisotopic (exact) mass is 256 g/mol. The number of rotatable bonds is 3. The first kappa shape index (κ1) is 14.5. The lowest BCUT2D eigenvalue weighted by molar-refractivity contribution is -0.146. The Morgan fingerprint density at radius 1 is 1.44 bits per heavy atom. The summed E-state index contributed by atoms with van der Waals surface area (Å²) in [6.45, 7) is 5.55. The summed E-state index contributed by atoms with van der Waals surface area (Å²) in [5, 5.41) is 14.3. The Labute approximate surface area is 106 Å². The number of hydrogen-bond acceptors (Lipinski definition) is 3. The minimum Gasteiger partial charge on any atom is -0.480 e. The van der Waals surface area contributed by atoms with Crippen LogP contribution in [0.2, 0.25) is 0 Å². The Morgan fingerprint density at radius 2 is 2.06 bits per heavy atom. The van der Waals surface area contributed by atoms with Gasteiger partial charge in [0.15, 0.2) is 0 Å². The second-order valence-electron chi connectivity index (χ2n) is 5.69. The molecule has 6 nitrogen and oxygen atoms in total. The maximum absolute atomic E-state index is 11.9. The molecule has 1 rings (SSSR count). The fourth-order valence-electron chi connectivity index (χ4n) is 1.87. The van der Waals surface area contributed by atoms with Gasteiger partial charge in [0.1, 0.15) is 6.04 Å². The van der Waals surface area contributed by atoms with Crippen molar-refractivity contribution in [3.8, 4) is 0 Å². The Bertz CT molecular complexity index is 350. The number of amides is 2. The van der Waals surface area contributed by atoms with Crippen molar-refractivity contribution in [1.82, 2.24) is 10.6 Å². The maximum atomic E-state index is 11.9. The van der Waals surface area contributed by atoms with Crippen LogP contribution in [0.4, 0.5) is 0 Å². The summed E-state index contributed by atoms with van der Waals surface area (Å²) in [4.78, 5) is 34.1. The molecule has 0 aromatic carbocycles. The lowest BCUT2D eigenvalue weighted by Crippen LogP contribution is -2.53. The van der Waals surface area contributed by atoms with Crippen molar-refractivity contribution in [2.45, 2.75) is 39.7 Å². The highest BCUT2D eigenvalue weighted by Gasteiger charge is 2.35. The van der Waals surface area contributed by atoms with Crippen LogP contribution in [-0.4, -0.2) is 35.5 Å². The van der Waals surface area contributed by atoms with Crippen LogP contribution in [0, 0.1) is 11.3 Å². The van der Waals surface area contributed by atoms with Gasteiger partial charge in [0.05, 0.1) is 5.92 Å². The average Bonchev–Trinajstić information content (AvgIpc) is 2.24. The highest BCUT2D eigenvalue weighted by molar-refractivity contribution is 5.87. The second kappa shape index (κ2) is 5.37. The van der Waals surface area contributed by atoms with Gasteiger partial charge in [-0.15, -0.1) is 0 Å². The molecule has 0 aromatic rings. The lowest BCUT2D eigenvalue weighted by Gasteiger charge is -2.30. The van der Waals surface area contributed by atoms with Crippen LogP contribution in [0.3, 0.4) is 0 Å². The number of carboxylic acids is 1. The molecule has 102 valence electrons. The maximum Gasteiger partial charge on any atom is 0.326 e. The molecule has 2 atom stereocenters. The third-order valence-corrected chi connectivity index (χ3v) is 3.04. The predicted octanol–water partition coefficient (Wildman–Crippen LogP) is 0.128. The third-order valence-electron chi connectivity index (χ3n) is 3.04. The summed E-state index contributed by atoms with van der Waals surface area (Å²) in [6.07, 6.45) is 0.777. The lowest BCUT2D eigenvalue weighted by atomic mass is 9.86. The van der Waals surface area contributed by atoms with Crippen molar-refractivity contribution in [3.63, 3.8) is 0 Å². The van der Waals surface area contributed by atoms with Gasteiger partial charge in [-0.3, -0.25) is 9.59 Å². The molecule has 0 bridgehead atoms. The van der Waals surface area contributed by atoms with E-state index in [2.05, 4.69) is 10.6 Å². The zero-order chi connectivity index (χ0) is 13.9. The SMILES string of the molecule is CC(C)(C)[C@H](NC(=O)C1CCC(=O)NC1)C(=O)O. The van der Waals surface area contributed by atoms with Crippen LogP contribution in [0.15, 0.2) is 0 Å². The van der Waals surface area contributed by atoms with E-state index in [9.17, 15) is 14.4 Å². The zero-order valence-corrected chi connectivity index (χ0v) is 10.9. The molecule has 1 fully saturated rings. The van der Waals surface area contributed by atoms with Gasteiger partial charge in [-0.1, -0.05) is 20.8 Å². The number of carboxylic acid groups (broad SMARTS) is 1. The smallest absolute Gasteiger partial charge is 0.326 e. The van der Waals surface area contributed by atoms with E-state index in [1.165, 1.54) is 0 Å². The molecule has 0 aromatic heterocycles.